The molecule has 1 aromatic carbocycles. The van der Waals surface area contributed by atoms with Crippen LogP contribution in [-0.4, -0.2) is 34.2 Å². The predicted molar refractivity (Wildman–Crippen MR) is 83.4 cm³/mol. The van der Waals surface area contributed by atoms with Crippen molar-refractivity contribution in [3.63, 3.8) is 0 Å². The molecular formula is C15H16N4OS. The Bertz CT molecular complexity index is 773. The highest BCUT2D eigenvalue weighted by Crippen LogP contribution is 2.29. The normalized spacial score (nSPS) is 19.2. The summed E-state index contributed by atoms with van der Waals surface area (Å²) in [6.07, 6.45) is 0.0622. The second-order valence-electron chi connectivity index (χ2n) is 5.12. The van der Waals surface area contributed by atoms with Gasteiger partial charge >= 0.3 is 0 Å². The Morgan fingerprint density at radius 3 is 3.05 bits per heavy atom. The van der Waals surface area contributed by atoms with Crippen molar-refractivity contribution in [3.05, 3.63) is 34.7 Å². The number of para-hydroxylation sites is 2. The quantitative estimate of drug-likeness (QED) is 0.789. The second-order valence-corrected chi connectivity index (χ2v) is 6.01. The van der Waals surface area contributed by atoms with Crippen molar-refractivity contribution >= 4 is 22.4 Å². The Morgan fingerprint density at radius 2 is 2.24 bits per heavy atom. The maximum Gasteiger partial charge on any atom is 0.160 e. The fourth-order valence-electron chi connectivity index (χ4n) is 2.64. The molecule has 1 N–H and O–H groups in total. The molecule has 1 saturated heterocycles. The highest BCUT2D eigenvalue weighted by atomic mass is 32.1. The molecule has 1 fully saturated rings. The van der Waals surface area contributed by atoms with Gasteiger partial charge in [0.05, 0.1) is 17.6 Å². The fourth-order valence-corrected chi connectivity index (χ4v) is 3.48. The summed E-state index contributed by atoms with van der Waals surface area (Å²) >= 11 is 1.64. The molecule has 0 radical (unpaired) electrons. The number of ether oxygens (including phenoxy) is 1. The van der Waals surface area contributed by atoms with Gasteiger partial charge in [-0.1, -0.05) is 12.1 Å². The number of fused-ring (bicyclic) bond motifs is 1. The first kappa shape index (κ1) is 12.9. The highest BCUT2D eigenvalue weighted by Gasteiger charge is 2.21. The lowest BCUT2D eigenvalue weighted by Crippen LogP contribution is -2.33. The molecule has 6 heteroatoms. The van der Waals surface area contributed by atoms with E-state index in [-0.39, 0.29) is 6.10 Å². The van der Waals surface area contributed by atoms with E-state index < -0.39 is 0 Å². The van der Waals surface area contributed by atoms with E-state index in [1.165, 1.54) is 0 Å². The van der Waals surface area contributed by atoms with E-state index in [2.05, 4.69) is 21.3 Å². The van der Waals surface area contributed by atoms with Gasteiger partial charge in [0.25, 0.3) is 0 Å². The van der Waals surface area contributed by atoms with Gasteiger partial charge in [0.1, 0.15) is 16.8 Å². The van der Waals surface area contributed by atoms with Gasteiger partial charge in [-0.2, -0.15) is 0 Å². The van der Waals surface area contributed by atoms with Crippen LogP contribution in [0.15, 0.2) is 29.6 Å². The molecule has 1 unspecified atom stereocenters. The largest absolute Gasteiger partial charge is 0.368 e. The summed E-state index contributed by atoms with van der Waals surface area (Å²) in [6, 6.07) is 8.14. The summed E-state index contributed by atoms with van der Waals surface area (Å²) < 4.78 is 7.85. The van der Waals surface area contributed by atoms with E-state index in [9.17, 15) is 0 Å². The smallest absolute Gasteiger partial charge is 0.160 e. The lowest BCUT2D eigenvalue weighted by Gasteiger charge is -2.21. The number of rotatable bonds is 2. The Labute approximate surface area is 126 Å². The van der Waals surface area contributed by atoms with Crippen LogP contribution >= 0.6 is 11.3 Å². The number of nitrogens with zero attached hydrogens (tertiary/aromatic N) is 3. The molecule has 4 rings (SSSR count). The maximum atomic E-state index is 5.76. The van der Waals surface area contributed by atoms with E-state index in [4.69, 9.17) is 14.7 Å². The number of hydrogen-bond acceptors (Lipinski definition) is 5. The zero-order valence-corrected chi connectivity index (χ0v) is 12.6. The lowest BCUT2D eigenvalue weighted by molar-refractivity contribution is 0.0276. The average Bonchev–Trinajstić information content (AvgIpc) is 3.14. The first-order valence-electron chi connectivity index (χ1n) is 7.02. The summed E-state index contributed by atoms with van der Waals surface area (Å²) in [6.45, 7) is 2.49. The molecule has 0 amide bonds. The van der Waals surface area contributed by atoms with E-state index in [0.29, 0.717) is 0 Å². The summed E-state index contributed by atoms with van der Waals surface area (Å²) in [7, 11) is 2.03. The molecule has 3 heterocycles. The third kappa shape index (κ3) is 2.25. The Hall–Kier alpha value is -1.76. The Morgan fingerprint density at radius 1 is 1.33 bits per heavy atom. The molecular weight excluding hydrogens is 284 g/mol. The summed E-state index contributed by atoms with van der Waals surface area (Å²) in [5.74, 6) is 0.905. The van der Waals surface area contributed by atoms with E-state index in [0.717, 1.165) is 47.3 Å². The molecule has 2 aromatic heterocycles. The third-order valence-corrected chi connectivity index (χ3v) is 4.68. The minimum Gasteiger partial charge on any atom is -0.368 e. The molecule has 21 heavy (non-hydrogen) atoms. The van der Waals surface area contributed by atoms with Crippen molar-refractivity contribution in [2.75, 3.05) is 19.7 Å². The fraction of sp³-hybridized carbons (Fsp3) is 0.333. The molecule has 1 aliphatic rings. The number of aromatic nitrogens is 3. The zero-order valence-electron chi connectivity index (χ0n) is 11.7. The minimum atomic E-state index is 0.0622. The summed E-state index contributed by atoms with van der Waals surface area (Å²) in [5.41, 5.74) is 3.04. The number of benzene rings is 1. The van der Waals surface area contributed by atoms with Crippen LogP contribution in [-0.2, 0) is 11.8 Å². The number of hydrogen-bond donors (Lipinski definition) is 1. The van der Waals surface area contributed by atoms with E-state index in [1.54, 1.807) is 11.3 Å². The van der Waals surface area contributed by atoms with Gasteiger partial charge in [0, 0.05) is 25.5 Å². The molecule has 0 spiro atoms. The van der Waals surface area contributed by atoms with Gasteiger partial charge in [-0.25, -0.2) is 9.97 Å². The molecule has 1 atom stereocenters. The minimum absolute atomic E-state index is 0.0622. The molecule has 1 aliphatic heterocycles. The van der Waals surface area contributed by atoms with E-state index in [1.807, 2.05) is 25.2 Å². The standard InChI is InChI=1S/C15H16N4OS/c1-19-12-5-3-2-4-10(12)17-14(19)11-9-21-15(18-11)13-8-16-6-7-20-13/h2-5,9,13,16H,6-8H2,1H3. The molecule has 0 saturated carbocycles. The van der Waals surface area contributed by atoms with Gasteiger partial charge in [-0.05, 0) is 12.1 Å². The van der Waals surface area contributed by atoms with Gasteiger partial charge in [-0.15, -0.1) is 11.3 Å². The molecule has 0 aliphatic carbocycles. The number of thiazole rings is 1. The second kappa shape index (κ2) is 5.22. The van der Waals surface area contributed by atoms with Crippen LogP contribution in [0.3, 0.4) is 0 Å². The van der Waals surface area contributed by atoms with Crippen molar-refractivity contribution in [2.24, 2.45) is 7.05 Å². The average molecular weight is 300 g/mol. The van der Waals surface area contributed by atoms with Gasteiger partial charge in [-0.3, -0.25) is 0 Å². The van der Waals surface area contributed by atoms with E-state index >= 15 is 0 Å². The van der Waals surface area contributed by atoms with Crippen molar-refractivity contribution in [1.29, 1.82) is 0 Å². The van der Waals surface area contributed by atoms with Gasteiger partial charge < -0.3 is 14.6 Å². The monoisotopic (exact) mass is 300 g/mol. The Kier molecular flexibility index (Phi) is 3.21. The van der Waals surface area contributed by atoms with Crippen LogP contribution in [0.4, 0.5) is 0 Å². The van der Waals surface area contributed by atoms with Gasteiger partial charge in [0.15, 0.2) is 5.82 Å². The van der Waals surface area contributed by atoms with Crippen LogP contribution < -0.4 is 5.32 Å². The topological polar surface area (TPSA) is 52.0 Å². The van der Waals surface area contributed by atoms with Crippen LogP contribution in [0, 0.1) is 0 Å². The van der Waals surface area contributed by atoms with Crippen LogP contribution in [0.5, 0.6) is 0 Å². The Balaban J connectivity index is 1.72. The number of morpholine rings is 1. The molecule has 108 valence electrons. The van der Waals surface area contributed by atoms with Crippen LogP contribution in [0.2, 0.25) is 0 Å². The zero-order chi connectivity index (χ0) is 14.2. The lowest BCUT2D eigenvalue weighted by atomic mass is 10.3. The third-order valence-electron chi connectivity index (χ3n) is 3.74. The maximum absolute atomic E-state index is 5.76. The molecule has 3 aromatic rings. The first-order valence-corrected chi connectivity index (χ1v) is 7.90. The SMILES string of the molecule is Cn1c(-c2csc(C3CNCCO3)n2)nc2ccccc21. The molecule has 5 nitrogen and oxygen atoms in total. The van der Waals surface area contributed by atoms with Crippen LogP contribution in [0.25, 0.3) is 22.6 Å². The first-order chi connectivity index (χ1) is 10.3. The number of imidazole rings is 1. The molecule has 0 bridgehead atoms. The number of nitrogens with one attached hydrogen (secondary N) is 1. The predicted octanol–water partition coefficient (Wildman–Crippen LogP) is 2.36. The number of aryl methyl sites for hydroxylation is 1. The summed E-state index contributed by atoms with van der Waals surface area (Å²) in [4.78, 5) is 9.42. The van der Waals surface area contributed by atoms with Crippen molar-refractivity contribution in [1.82, 2.24) is 19.9 Å². The van der Waals surface area contributed by atoms with Crippen molar-refractivity contribution in [2.45, 2.75) is 6.10 Å². The van der Waals surface area contributed by atoms with Crippen molar-refractivity contribution in [3.8, 4) is 11.5 Å². The summed E-state index contributed by atoms with van der Waals surface area (Å²) in [5, 5.41) is 6.42. The van der Waals surface area contributed by atoms with Gasteiger partial charge in [0.2, 0.25) is 0 Å². The highest BCUT2D eigenvalue weighted by molar-refractivity contribution is 7.10. The van der Waals surface area contributed by atoms with Crippen LogP contribution in [0.1, 0.15) is 11.1 Å². The van der Waals surface area contributed by atoms with Crippen molar-refractivity contribution < 1.29 is 4.74 Å².